The minimum Gasteiger partial charge on any atom is -0.398 e. The molecule has 0 spiro atoms. The Hall–Kier alpha value is -2.43. The fourth-order valence-electron chi connectivity index (χ4n) is 1.69. The van der Waals surface area contributed by atoms with Crippen molar-refractivity contribution in [2.45, 2.75) is 6.42 Å². The van der Waals surface area contributed by atoms with Gasteiger partial charge in [-0.25, -0.2) is 4.39 Å². The van der Waals surface area contributed by atoms with Crippen molar-refractivity contribution in [2.24, 2.45) is 7.05 Å². The van der Waals surface area contributed by atoms with Crippen molar-refractivity contribution in [3.63, 3.8) is 0 Å². The predicted octanol–water partition coefficient (Wildman–Crippen LogP) is 1.97. The van der Waals surface area contributed by atoms with Gasteiger partial charge in [0.2, 0.25) is 0 Å². The van der Waals surface area contributed by atoms with E-state index in [2.05, 4.69) is 5.10 Å². The van der Waals surface area contributed by atoms with Crippen molar-refractivity contribution in [1.29, 1.82) is 0 Å². The van der Waals surface area contributed by atoms with Crippen molar-refractivity contribution in [2.75, 3.05) is 5.73 Å². The molecule has 0 amide bonds. The van der Waals surface area contributed by atoms with Crippen molar-refractivity contribution in [1.82, 2.24) is 9.78 Å². The number of allylic oxidation sites excluding steroid dienone is 1. The number of aromatic nitrogens is 2. The van der Waals surface area contributed by atoms with Crippen molar-refractivity contribution in [3.05, 3.63) is 53.6 Å². The first-order valence-corrected chi connectivity index (χ1v) is 5.78. The van der Waals surface area contributed by atoms with Crippen LogP contribution in [0.3, 0.4) is 0 Å². The van der Waals surface area contributed by atoms with E-state index in [0.717, 1.165) is 5.56 Å². The van der Waals surface area contributed by atoms with Crippen LogP contribution in [0.4, 0.5) is 10.1 Å². The molecule has 1 aromatic heterocycles. The molecule has 1 aromatic carbocycles. The molecule has 0 bridgehead atoms. The molecule has 2 N–H and O–H groups in total. The molecule has 0 unspecified atom stereocenters. The highest BCUT2D eigenvalue weighted by atomic mass is 19.1. The SMILES string of the molecule is Cn1cc(/C=C/C(=O)Cc2cc(F)ccc2N)cn1. The number of nitrogens with zero attached hydrogens (tertiary/aromatic N) is 2. The van der Waals surface area contributed by atoms with E-state index in [1.165, 1.54) is 24.3 Å². The Morgan fingerprint density at radius 1 is 1.53 bits per heavy atom. The maximum Gasteiger partial charge on any atom is 0.160 e. The van der Waals surface area contributed by atoms with E-state index in [1.54, 1.807) is 30.2 Å². The quantitative estimate of drug-likeness (QED) is 0.674. The summed E-state index contributed by atoms with van der Waals surface area (Å²) in [6.45, 7) is 0. The minimum absolute atomic E-state index is 0.0837. The van der Waals surface area contributed by atoms with Gasteiger partial charge < -0.3 is 5.73 Å². The number of aryl methyl sites for hydroxylation is 1. The van der Waals surface area contributed by atoms with E-state index in [1.807, 2.05) is 0 Å². The van der Waals surface area contributed by atoms with Crippen LogP contribution in [-0.2, 0) is 18.3 Å². The highest BCUT2D eigenvalue weighted by Crippen LogP contribution is 2.14. The number of carbonyl (C=O) groups is 1. The third kappa shape index (κ3) is 3.51. The van der Waals surface area contributed by atoms with Crippen molar-refractivity contribution in [3.8, 4) is 0 Å². The molecule has 0 atom stereocenters. The summed E-state index contributed by atoms with van der Waals surface area (Å²) in [5.41, 5.74) is 7.45. The van der Waals surface area contributed by atoms with Crippen LogP contribution in [0.15, 0.2) is 36.7 Å². The summed E-state index contributed by atoms with van der Waals surface area (Å²) in [5.74, 6) is -0.533. The highest BCUT2D eigenvalue weighted by molar-refractivity contribution is 5.95. The van der Waals surface area contributed by atoms with E-state index in [4.69, 9.17) is 5.73 Å². The van der Waals surface area contributed by atoms with Gasteiger partial charge in [-0.05, 0) is 35.9 Å². The molecule has 98 valence electrons. The fourth-order valence-corrected chi connectivity index (χ4v) is 1.69. The number of rotatable bonds is 4. The third-order valence-electron chi connectivity index (χ3n) is 2.66. The first kappa shape index (κ1) is 13.0. The summed E-state index contributed by atoms with van der Waals surface area (Å²) >= 11 is 0. The van der Waals surface area contributed by atoms with E-state index in [9.17, 15) is 9.18 Å². The van der Waals surface area contributed by atoms with Crippen molar-refractivity contribution >= 4 is 17.5 Å². The number of benzene rings is 1. The molecule has 0 aliphatic heterocycles. The lowest BCUT2D eigenvalue weighted by atomic mass is 10.1. The average molecular weight is 259 g/mol. The maximum absolute atomic E-state index is 13.1. The zero-order valence-corrected chi connectivity index (χ0v) is 10.5. The molecule has 0 saturated heterocycles. The third-order valence-corrected chi connectivity index (χ3v) is 2.66. The molecule has 0 aliphatic rings. The molecular weight excluding hydrogens is 245 g/mol. The average Bonchev–Trinajstić information content (AvgIpc) is 2.77. The van der Waals surface area contributed by atoms with Crippen LogP contribution < -0.4 is 5.73 Å². The molecule has 2 rings (SSSR count). The van der Waals surface area contributed by atoms with E-state index in [0.29, 0.717) is 11.3 Å². The summed E-state index contributed by atoms with van der Waals surface area (Å²) in [4.78, 5) is 11.8. The minimum atomic E-state index is -0.395. The monoisotopic (exact) mass is 259 g/mol. The molecule has 1 heterocycles. The first-order valence-electron chi connectivity index (χ1n) is 5.78. The summed E-state index contributed by atoms with van der Waals surface area (Å²) in [6, 6.07) is 4.02. The highest BCUT2D eigenvalue weighted by Gasteiger charge is 2.05. The molecule has 0 radical (unpaired) electrons. The number of halogens is 1. The number of carbonyl (C=O) groups excluding carboxylic acids is 1. The van der Waals surface area contributed by atoms with Crippen LogP contribution in [0.5, 0.6) is 0 Å². The second-order valence-corrected chi connectivity index (χ2v) is 4.27. The summed E-state index contributed by atoms with van der Waals surface area (Å²) in [5, 5.41) is 3.99. The van der Waals surface area contributed by atoms with Gasteiger partial charge >= 0.3 is 0 Å². The Bertz CT molecular complexity index is 631. The first-order chi connectivity index (χ1) is 9.04. The lowest BCUT2D eigenvalue weighted by Crippen LogP contribution is -2.02. The molecular formula is C14H14FN3O. The number of nitrogen functional groups attached to an aromatic ring is 1. The largest absolute Gasteiger partial charge is 0.398 e. The zero-order valence-electron chi connectivity index (χ0n) is 10.5. The molecule has 0 fully saturated rings. The van der Waals surface area contributed by atoms with Crippen molar-refractivity contribution < 1.29 is 9.18 Å². The summed E-state index contributed by atoms with van der Waals surface area (Å²) < 4.78 is 14.7. The zero-order chi connectivity index (χ0) is 13.8. The van der Waals surface area contributed by atoms with Crippen LogP contribution in [0.1, 0.15) is 11.1 Å². The normalized spacial score (nSPS) is 11.1. The van der Waals surface area contributed by atoms with Gasteiger partial charge in [0.1, 0.15) is 5.82 Å². The Morgan fingerprint density at radius 3 is 3.00 bits per heavy atom. The van der Waals surface area contributed by atoms with Gasteiger partial charge in [-0.1, -0.05) is 0 Å². The number of hydrogen-bond donors (Lipinski definition) is 1. The van der Waals surface area contributed by atoms with E-state index in [-0.39, 0.29) is 12.2 Å². The fraction of sp³-hybridized carbons (Fsp3) is 0.143. The van der Waals surface area contributed by atoms with Gasteiger partial charge in [-0.3, -0.25) is 9.48 Å². The number of anilines is 1. The van der Waals surface area contributed by atoms with Crippen LogP contribution in [0.2, 0.25) is 0 Å². The Labute approximate surface area is 110 Å². The Balaban J connectivity index is 2.05. The second-order valence-electron chi connectivity index (χ2n) is 4.27. The van der Waals surface area contributed by atoms with Crippen LogP contribution in [-0.4, -0.2) is 15.6 Å². The molecule has 2 aromatic rings. The maximum atomic E-state index is 13.1. The van der Waals surface area contributed by atoms with Crippen LogP contribution in [0.25, 0.3) is 6.08 Å². The van der Waals surface area contributed by atoms with Gasteiger partial charge in [-0.2, -0.15) is 5.10 Å². The molecule has 4 nitrogen and oxygen atoms in total. The number of hydrogen-bond acceptors (Lipinski definition) is 3. The lowest BCUT2D eigenvalue weighted by Gasteiger charge is -2.02. The van der Waals surface area contributed by atoms with Gasteiger partial charge in [-0.15, -0.1) is 0 Å². The van der Waals surface area contributed by atoms with Gasteiger partial charge in [0.25, 0.3) is 0 Å². The lowest BCUT2D eigenvalue weighted by molar-refractivity contribution is -0.113. The Kier molecular flexibility index (Phi) is 3.75. The van der Waals surface area contributed by atoms with E-state index >= 15 is 0 Å². The standard InChI is InChI=1S/C14H14FN3O/c1-18-9-10(8-17-18)2-4-13(19)7-11-6-12(15)3-5-14(11)16/h2-6,8-9H,7,16H2,1H3/b4-2+. The molecule has 0 saturated carbocycles. The smallest absolute Gasteiger partial charge is 0.160 e. The molecule has 19 heavy (non-hydrogen) atoms. The number of nitrogens with two attached hydrogens (primary N) is 1. The van der Waals surface area contributed by atoms with Gasteiger partial charge in [0.05, 0.1) is 6.20 Å². The van der Waals surface area contributed by atoms with Crippen LogP contribution in [0, 0.1) is 5.82 Å². The van der Waals surface area contributed by atoms with Gasteiger partial charge in [0.15, 0.2) is 5.78 Å². The topological polar surface area (TPSA) is 60.9 Å². The second kappa shape index (κ2) is 5.48. The summed E-state index contributed by atoms with van der Waals surface area (Å²) in [6.07, 6.45) is 6.65. The Morgan fingerprint density at radius 2 is 2.32 bits per heavy atom. The molecule has 0 aliphatic carbocycles. The van der Waals surface area contributed by atoms with Crippen LogP contribution >= 0.6 is 0 Å². The number of ketones is 1. The summed E-state index contributed by atoms with van der Waals surface area (Å²) in [7, 11) is 1.80. The molecule has 5 heteroatoms. The van der Waals surface area contributed by atoms with Gasteiger partial charge in [0, 0.05) is 30.9 Å². The van der Waals surface area contributed by atoms with E-state index < -0.39 is 5.82 Å². The predicted molar refractivity (Wildman–Crippen MR) is 71.8 cm³/mol.